The number of hydrazine groups is 1. The first-order valence-corrected chi connectivity index (χ1v) is 12.9. The van der Waals surface area contributed by atoms with E-state index in [0.29, 0.717) is 13.1 Å². The summed E-state index contributed by atoms with van der Waals surface area (Å²) in [4.78, 5) is 17.5. The first-order chi connectivity index (χ1) is 16.7. The zero-order valence-corrected chi connectivity index (χ0v) is 21.5. The number of benzene rings is 3. The summed E-state index contributed by atoms with van der Waals surface area (Å²) in [6, 6.07) is 28.6. The molecule has 1 saturated heterocycles. The molecule has 0 atom stereocenters. The van der Waals surface area contributed by atoms with Gasteiger partial charge in [-0.3, -0.25) is 9.91 Å². The minimum Gasteiger partial charge on any atom is -0.369 e. The van der Waals surface area contributed by atoms with Gasteiger partial charge in [-0.1, -0.05) is 48.5 Å². The molecule has 6 nitrogen and oxygen atoms in total. The van der Waals surface area contributed by atoms with E-state index >= 15 is 0 Å². The first-order valence-electron chi connectivity index (χ1n) is 11.8. The Labute approximate surface area is 216 Å². The van der Waals surface area contributed by atoms with E-state index in [1.165, 1.54) is 9.26 Å². The highest BCUT2D eigenvalue weighted by Gasteiger charge is 2.17. The second-order valence-corrected chi connectivity index (χ2v) is 9.68. The Hall–Kier alpha value is -2.78. The predicted molar refractivity (Wildman–Crippen MR) is 148 cm³/mol. The van der Waals surface area contributed by atoms with Crippen LogP contribution in [-0.2, 0) is 6.54 Å². The van der Waals surface area contributed by atoms with Crippen molar-refractivity contribution in [1.82, 2.24) is 15.6 Å². The van der Waals surface area contributed by atoms with Crippen LogP contribution >= 0.6 is 22.6 Å². The molecule has 0 spiro atoms. The summed E-state index contributed by atoms with van der Waals surface area (Å²) in [5.74, 6) is 0. The van der Waals surface area contributed by atoms with Gasteiger partial charge in [-0.05, 0) is 77.5 Å². The van der Waals surface area contributed by atoms with Crippen molar-refractivity contribution >= 4 is 40.0 Å². The van der Waals surface area contributed by atoms with Crippen LogP contribution in [0.3, 0.4) is 0 Å². The molecule has 4 rings (SSSR count). The highest BCUT2D eigenvalue weighted by atomic mass is 127. The summed E-state index contributed by atoms with van der Waals surface area (Å²) in [5.41, 5.74) is 6.40. The van der Waals surface area contributed by atoms with Crippen molar-refractivity contribution in [3.63, 3.8) is 0 Å². The lowest BCUT2D eigenvalue weighted by Crippen LogP contribution is -2.48. The van der Waals surface area contributed by atoms with Gasteiger partial charge in [-0.15, -0.1) is 0 Å². The molecule has 34 heavy (non-hydrogen) atoms. The van der Waals surface area contributed by atoms with Crippen LogP contribution in [0.1, 0.15) is 12.0 Å². The van der Waals surface area contributed by atoms with Crippen molar-refractivity contribution in [3.05, 3.63) is 94.1 Å². The second-order valence-electron chi connectivity index (χ2n) is 8.43. The number of para-hydroxylation sites is 1. The summed E-state index contributed by atoms with van der Waals surface area (Å²) in [6.07, 6.45) is 0.932. The average Bonchev–Trinajstić information content (AvgIpc) is 2.88. The van der Waals surface area contributed by atoms with Crippen molar-refractivity contribution in [2.24, 2.45) is 0 Å². The number of hydrogen-bond donors (Lipinski definition) is 2. The van der Waals surface area contributed by atoms with Crippen molar-refractivity contribution in [3.8, 4) is 0 Å². The third-order valence-corrected chi connectivity index (χ3v) is 6.71. The van der Waals surface area contributed by atoms with Gasteiger partial charge in [-0.2, -0.15) is 0 Å². The zero-order valence-electron chi connectivity index (χ0n) is 19.4. The quantitative estimate of drug-likeness (QED) is 0.223. The zero-order chi connectivity index (χ0) is 23.6. The number of carbonyl (C=O) groups excluding carboxylic acids is 1. The van der Waals surface area contributed by atoms with Crippen molar-refractivity contribution in [2.75, 3.05) is 49.2 Å². The van der Waals surface area contributed by atoms with Crippen LogP contribution in [-0.4, -0.2) is 50.2 Å². The SMILES string of the molecule is O=C(NCCCN1CCN(c2ccc(I)cc2)CC1)NN(Cc1ccccc1)c1ccccc1. The normalized spacial score (nSPS) is 14.0. The van der Waals surface area contributed by atoms with Gasteiger partial charge >= 0.3 is 6.03 Å². The van der Waals surface area contributed by atoms with E-state index in [4.69, 9.17) is 0 Å². The molecular formula is C27H32IN5O. The second kappa shape index (κ2) is 12.6. The molecule has 1 fully saturated rings. The molecule has 3 aromatic carbocycles. The maximum Gasteiger partial charge on any atom is 0.333 e. The number of piperazine rings is 1. The van der Waals surface area contributed by atoms with Gasteiger partial charge in [0.2, 0.25) is 0 Å². The van der Waals surface area contributed by atoms with Crippen LogP contribution in [0.25, 0.3) is 0 Å². The van der Waals surface area contributed by atoms with E-state index in [9.17, 15) is 4.79 Å². The van der Waals surface area contributed by atoms with E-state index in [1.807, 2.05) is 53.5 Å². The third-order valence-electron chi connectivity index (χ3n) is 5.99. The van der Waals surface area contributed by atoms with Crippen molar-refractivity contribution in [2.45, 2.75) is 13.0 Å². The third kappa shape index (κ3) is 7.36. The standard InChI is InChI=1S/C27H32IN5O/c28-24-12-14-25(15-13-24)32-20-18-31(19-21-32)17-7-16-29-27(34)30-33(26-10-5-2-6-11-26)22-23-8-3-1-4-9-23/h1-6,8-15H,7,16-22H2,(H2,29,30,34). The Morgan fingerprint density at radius 1 is 0.853 bits per heavy atom. The van der Waals surface area contributed by atoms with Crippen LogP contribution in [0.2, 0.25) is 0 Å². The van der Waals surface area contributed by atoms with Gasteiger partial charge in [0.05, 0.1) is 12.2 Å². The Balaban J connectivity index is 1.18. The number of hydrogen-bond acceptors (Lipinski definition) is 4. The van der Waals surface area contributed by atoms with E-state index in [1.54, 1.807) is 0 Å². The smallest absolute Gasteiger partial charge is 0.333 e. The van der Waals surface area contributed by atoms with Gasteiger partial charge in [-0.25, -0.2) is 10.2 Å². The molecule has 0 radical (unpaired) electrons. The van der Waals surface area contributed by atoms with E-state index < -0.39 is 0 Å². The fourth-order valence-corrected chi connectivity index (χ4v) is 4.48. The Kier molecular flexibility index (Phi) is 9.04. The van der Waals surface area contributed by atoms with E-state index in [0.717, 1.165) is 50.4 Å². The monoisotopic (exact) mass is 569 g/mol. The molecule has 1 aliphatic heterocycles. The summed E-state index contributed by atoms with van der Waals surface area (Å²) < 4.78 is 1.27. The molecule has 0 unspecified atom stereocenters. The summed E-state index contributed by atoms with van der Waals surface area (Å²) in [7, 11) is 0. The maximum absolute atomic E-state index is 12.6. The molecule has 0 saturated carbocycles. The van der Waals surface area contributed by atoms with E-state index in [2.05, 4.69) is 79.5 Å². The molecular weight excluding hydrogens is 537 g/mol. The van der Waals surface area contributed by atoms with Gasteiger partial charge < -0.3 is 10.2 Å². The number of carbonyl (C=O) groups is 1. The Morgan fingerprint density at radius 2 is 1.50 bits per heavy atom. The molecule has 1 heterocycles. The largest absolute Gasteiger partial charge is 0.369 e. The van der Waals surface area contributed by atoms with Gasteiger partial charge in [0, 0.05) is 42.0 Å². The molecule has 1 aliphatic rings. The maximum atomic E-state index is 12.6. The fourth-order valence-electron chi connectivity index (χ4n) is 4.12. The number of nitrogens with one attached hydrogen (secondary N) is 2. The highest BCUT2D eigenvalue weighted by Crippen LogP contribution is 2.18. The molecule has 7 heteroatoms. The Morgan fingerprint density at radius 3 is 2.18 bits per heavy atom. The number of anilines is 2. The molecule has 0 bridgehead atoms. The van der Waals surface area contributed by atoms with Crippen LogP contribution < -0.4 is 20.7 Å². The fraction of sp³-hybridized carbons (Fsp3) is 0.296. The molecule has 2 amide bonds. The molecule has 0 aromatic heterocycles. The summed E-state index contributed by atoms with van der Waals surface area (Å²) in [5, 5.41) is 4.90. The topological polar surface area (TPSA) is 50.9 Å². The molecule has 2 N–H and O–H groups in total. The predicted octanol–water partition coefficient (Wildman–Crippen LogP) is 4.72. The lowest BCUT2D eigenvalue weighted by Gasteiger charge is -2.36. The summed E-state index contributed by atoms with van der Waals surface area (Å²) in [6.45, 7) is 6.43. The lowest BCUT2D eigenvalue weighted by atomic mass is 10.2. The van der Waals surface area contributed by atoms with Crippen LogP contribution in [0, 0.1) is 3.57 Å². The van der Waals surface area contributed by atoms with Gasteiger partial charge in [0.1, 0.15) is 0 Å². The Bertz CT molecular complexity index is 1010. The molecule has 3 aromatic rings. The number of nitrogens with zero attached hydrogens (tertiary/aromatic N) is 3. The number of rotatable bonds is 9. The summed E-state index contributed by atoms with van der Waals surface area (Å²) >= 11 is 2.34. The van der Waals surface area contributed by atoms with Crippen LogP contribution in [0.5, 0.6) is 0 Å². The number of amides is 2. The van der Waals surface area contributed by atoms with Crippen LogP contribution in [0.4, 0.5) is 16.2 Å². The molecule has 178 valence electrons. The van der Waals surface area contributed by atoms with E-state index in [-0.39, 0.29) is 6.03 Å². The highest BCUT2D eigenvalue weighted by molar-refractivity contribution is 14.1. The average molecular weight is 569 g/mol. The minimum atomic E-state index is -0.177. The van der Waals surface area contributed by atoms with Crippen LogP contribution in [0.15, 0.2) is 84.9 Å². The number of urea groups is 1. The number of halogens is 1. The van der Waals surface area contributed by atoms with Gasteiger partial charge in [0.25, 0.3) is 0 Å². The van der Waals surface area contributed by atoms with Gasteiger partial charge in [0.15, 0.2) is 0 Å². The minimum absolute atomic E-state index is 0.177. The van der Waals surface area contributed by atoms with Crippen molar-refractivity contribution < 1.29 is 4.79 Å². The first kappa shape index (κ1) is 24.3. The molecule has 0 aliphatic carbocycles. The lowest BCUT2D eigenvalue weighted by molar-refractivity contribution is 0.235. The van der Waals surface area contributed by atoms with Crippen molar-refractivity contribution in [1.29, 1.82) is 0 Å².